The summed E-state index contributed by atoms with van der Waals surface area (Å²) in [5.41, 5.74) is 12.1. The molecule has 0 saturated carbocycles. The van der Waals surface area contributed by atoms with Gasteiger partial charge in [0.25, 0.3) is 0 Å². The predicted molar refractivity (Wildman–Crippen MR) is 137 cm³/mol. The van der Waals surface area contributed by atoms with Crippen molar-refractivity contribution in [3.63, 3.8) is 0 Å². The van der Waals surface area contributed by atoms with Crippen molar-refractivity contribution < 1.29 is 34.2 Å². The number of rotatable bonds is 14. The van der Waals surface area contributed by atoms with E-state index in [-0.39, 0.29) is 12.8 Å². The Morgan fingerprint density at radius 3 is 1.68 bits per heavy atom. The molecular weight excluding hydrogens is 494 g/mol. The molecule has 12 heteroatoms. The molecule has 5 atom stereocenters. The number of hydrogen-bond donors (Lipinski definition) is 7. The third kappa shape index (κ3) is 9.64. The smallest absolute Gasteiger partial charge is 0.326 e. The Morgan fingerprint density at radius 1 is 0.763 bits per heavy atom. The number of carbonyl (C=O) groups excluding carboxylic acids is 4. The van der Waals surface area contributed by atoms with Gasteiger partial charge in [-0.1, -0.05) is 60.7 Å². The molecule has 0 aromatic heterocycles. The maximum absolute atomic E-state index is 13.2. The van der Waals surface area contributed by atoms with Gasteiger partial charge in [-0.25, -0.2) is 4.79 Å². The van der Waals surface area contributed by atoms with Gasteiger partial charge in [-0.2, -0.15) is 0 Å². The lowest BCUT2D eigenvalue weighted by Gasteiger charge is -2.26. The van der Waals surface area contributed by atoms with Crippen molar-refractivity contribution in [3.8, 4) is 0 Å². The van der Waals surface area contributed by atoms with Crippen molar-refractivity contribution in [2.24, 2.45) is 11.5 Å². The predicted octanol–water partition coefficient (Wildman–Crippen LogP) is -1.41. The van der Waals surface area contributed by atoms with Gasteiger partial charge in [0.2, 0.25) is 23.6 Å². The number of primary amides is 1. The summed E-state index contributed by atoms with van der Waals surface area (Å²) in [5.74, 6) is -4.66. The Hall–Kier alpha value is -4.29. The largest absolute Gasteiger partial charge is 0.480 e. The van der Waals surface area contributed by atoms with Crippen LogP contribution in [0.2, 0.25) is 0 Å². The van der Waals surface area contributed by atoms with Crippen molar-refractivity contribution in [3.05, 3.63) is 71.8 Å². The molecule has 12 nitrogen and oxygen atoms in total. The van der Waals surface area contributed by atoms with E-state index >= 15 is 0 Å². The second-order valence-corrected chi connectivity index (χ2v) is 8.84. The van der Waals surface area contributed by atoms with E-state index < -0.39 is 66.3 Å². The lowest BCUT2D eigenvalue weighted by molar-refractivity contribution is -0.143. The Balaban J connectivity index is 2.19. The Morgan fingerprint density at radius 2 is 1.24 bits per heavy atom. The van der Waals surface area contributed by atoms with Crippen LogP contribution in [0.4, 0.5) is 0 Å². The number of nitrogens with one attached hydrogen (secondary N) is 3. The van der Waals surface area contributed by atoms with Gasteiger partial charge in [0.05, 0.1) is 18.6 Å². The fourth-order valence-electron chi connectivity index (χ4n) is 3.62. The maximum atomic E-state index is 13.2. The number of hydrogen-bond acceptors (Lipinski definition) is 7. The minimum Gasteiger partial charge on any atom is -0.480 e. The van der Waals surface area contributed by atoms with Gasteiger partial charge in [0, 0.05) is 12.8 Å². The number of aliphatic hydroxyl groups is 1. The SMILES string of the molecule is CC(O)C(NC(=O)C(Cc1ccccc1)NC(=O)C(N)CC(N)=O)C(=O)NC(Cc1ccccc1)C(=O)O. The van der Waals surface area contributed by atoms with E-state index in [1.165, 1.54) is 6.92 Å². The van der Waals surface area contributed by atoms with Crippen LogP contribution in [-0.4, -0.2) is 70.1 Å². The summed E-state index contributed by atoms with van der Waals surface area (Å²) < 4.78 is 0. The summed E-state index contributed by atoms with van der Waals surface area (Å²) in [4.78, 5) is 61.6. The minimum absolute atomic E-state index is 0.00160. The molecule has 0 heterocycles. The monoisotopic (exact) mass is 527 g/mol. The summed E-state index contributed by atoms with van der Waals surface area (Å²) in [6.45, 7) is 1.26. The van der Waals surface area contributed by atoms with E-state index in [9.17, 15) is 34.2 Å². The van der Waals surface area contributed by atoms with Gasteiger partial charge >= 0.3 is 5.97 Å². The highest BCUT2D eigenvalue weighted by Crippen LogP contribution is 2.07. The summed E-state index contributed by atoms with van der Waals surface area (Å²) in [6.07, 6.45) is -1.87. The number of aliphatic hydroxyl groups excluding tert-OH is 1. The summed E-state index contributed by atoms with van der Waals surface area (Å²) in [5, 5.41) is 27.0. The molecule has 38 heavy (non-hydrogen) atoms. The highest BCUT2D eigenvalue weighted by atomic mass is 16.4. The third-order valence-electron chi connectivity index (χ3n) is 5.63. The normalized spacial score (nSPS) is 14.7. The van der Waals surface area contributed by atoms with Crippen LogP contribution >= 0.6 is 0 Å². The van der Waals surface area contributed by atoms with E-state index in [1.54, 1.807) is 60.7 Å². The Bertz CT molecular complexity index is 1110. The van der Waals surface area contributed by atoms with Gasteiger partial charge in [0.15, 0.2) is 0 Å². The number of nitrogens with two attached hydrogens (primary N) is 2. The molecule has 0 spiro atoms. The van der Waals surface area contributed by atoms with Crippen molar-refractivity contribution in [2.45, 2.75) is 56.5 Å². The molecule has 0 bridgehead atoms. The standard InChI is InChI=1S/C26H33N5O7/c1-15(32)22(25(36)30-20(26(37)38)13-17-10-6-3-7-11-17)31-24(35)19(12-16-8-4-2-5-9-16)29-23(34)18(27)14-21(28)33/h2-11,15,18-20,22,32H,12-14,27H2,1H3,(H2,28,33)(H,29,34)(H,30,36)(H,31,35)(H,37,38). The molecule has 0 aliphatic rings. The number of benzene rings is 2. The lowest BCUT2D eigenvalue weighted by atomic mass is 10.0. The average Bonchev–Trinajstić information content (AvgIpc) is 2.86. The number of carboxylic acids is 1. The number of amides is 4. The van der Waals surface area contributed by atoms with Crippen LogP contribution in [0.5, 0.6) is 0 Å². The van der Waals surface area contributed by atoms with Crippen LogP contribution in [0.1, 0.15) is 24.5 Å². The van der Waals surface area contributed by atoms with Gasteiger partial charge in [-0.05, 0) is 18.1 Å². The molecule has 4 amide bonds. The van der Waals surface area contributed by atoms with E-state index in [4.69, 9.17) is 11.5 Å². The zero-order valence-corrected chi connectivity index (χ0v) is 20.9. The third-order valence-corrected chi connectivity index (χ3v) is 5.63. The lowest BCUT2D eigenvalue weighted by Crippen LogP contribution is -2.60. The van der Waals surface area contributed by atoms with E-state index in [2.05, 4.69) is 16.0 Å². The van der Waals surface area contributed by atoms with Crippen LogP contribution in [0.3, 0.4) is 0 Å². The molecular formula is C26H33N5O7. The van der Waals surface area contributed by atoms with Crippen molar-refractivity contribution in [1.29, 1.82) is 0 Å². The van der Waals surface area contributed by atoms with Crippen LogP contribution in [0.25, 0.3) is 0 Å². The highest BCUT2D eigenvalue weighted by molar-refractivity contribution is 5.95. The van der Waals surface area contributed by atoms with Gasteiger partial charge in [0.1, 0.15) is 18.1 Å². The number of aliphatic carboxylic acids is 1. The molecule has 0 aliphatic heterocycles. The molecule has 0 aliphatic carbocycles. The zero-order valence-electron chi connectivity index (χ0n) is 20.9. The fourth-order valence-corrected chi connectivity index (χ4v) is 3.62. The molecule has 204 valence electrons. The first-order valence-electron chi connectivity index (χ1n) is 11.9. The summed E-state index contributed by atoms with van der Waals surface area (Å²) in [6, 6.07) is 11.9. The molecule has 2 rings (SSSR count). The molecule has 0 fully saturated rings. The first kappa shape index (κ1) is 29.9. The second-order valence-electron chi connectivity index (χ2n) is 8.84. The highest BCUT2D eigenvalue weighted by Gasteiger charge is 2.33. The molecule has 0 radical (unpaired) electrons. The van der Waals surface area contributed by atoms with Gasteiger partial charge < -0.3 is 37.6 Å². The summed E-state index contributed by atoms with van der Waals surface area (Å²) in [7, 11) is 0. The van der Waals surface area contributed by atoms with E-state index in [1.807, 2.05) is 0 Å². The van der Waals surface area contributed by atoms with Crippen LogP contribution < -0.4 is 27.4 Å². The molecule has 9 N–H and O–H groups in total. The number of carbonyl (C=O) groups is 5. The summed E-state index contributed by atoms with van der Waals surface area (Å²) >= 11 is 0. The van der Waals surface area contributed by atoms with E-state index in [0.29, 0.717) is 11.1 Å². The topological polar surface area (TPSA) is 214 Å². The first-order chi connectivity index (χ1) is 18.0. The second kappa shape index (κ2) is 14.4. The molecule has 5 unspecified atom stereocenters. The molecule has 2 aromatic carbocycles. The fraction of sp³-hybridized carbons (Fsp3) is 0.346. The number of carboxylic acid groups (broad SMARTS) is 1. The average molecular weight is 528 g/mol. The minimum atomic E-state index is -1.53. The zero-order chi connectivity index (χ0) is 28.2. The maximum Gasteiger partial charge on any atom is 0.326 e. The quantitative estimate of drug-likeness (QED) is 0.155. The molecule has 2 aromatic rings. The van der Waals surface area contributed by atoms with Gasteiger partial charge in [-0.15, -0.1) is 0 Å². The van der Waals surface area contributed by atoms with Crippen LogP contribution in [0, 0.1) is 0 Å². The van der Waals surface area contributed by atoms with Gasteiger partial charge in [-0.3, -0.25) is 19.2 Å². The van der Waals surface area contributed by atoms with Crippen molar-refractivity contribution >= 4 is 29.6 Å². The van der Waals surface area contributed by atoms with Crippen LogP contribution in [0.15, 0.2) is 60.7 Å². The van der Waals surface area contributed by atoms with Crippen LogP contribution in [-0.2, 0) is 36.8 Å². The van der Waals surface area contributed by atoms with Crippen molar-refractivity contribution in [2.75, 3.05) is 0 Å². The Labute approximate surface area is 219 Å². The first-order valence-corrected chi connectivity index (χ1v) is 11.9. The van der Waals surface area contributed by atoms with E-state index in [0.717, 1.165) is 0 Å². The Kier molecular flexibility index (Phi) is 11.4. The van der Waals surface area contributed by atoms with Crippen molar-refractivity contribution in [1.82, 2.24) is 16.0 Å². The molecule has 0 saturated heterocycles.